The lowest BCUT2D eigenvalue weighted by Crippen LogP contribution is -2.25. The minimum Gasteiger partial charge on any atom is -0.492 e. The Morgan fingerprint density at radius 1 is 1.10 bits per heavy atom. The number of hydrogen-bond donors (Lipinski definition) is 0. The van der Waals surface area contributed by atoms with Crippen LogP contribution in [0.1, 0.15) is 34.7 Å². The minimum atomic E-state index is 0.505. The van der Waals surface area contributed by atoms with Gasteiger partial charge in [0.25, 0.3) is 0 Å². The van der Waals surface area contributed by atoms with Gasteiger partial charge in [0.15, 0.2) is 0 Å². The largest absolute Gasteiger partial charge is 0.492 e. The number of thiazole rings is 1. The molecule has 0 amide bonds. The van der Waals surface area contributed by atoms with Gasteiger partial charge in [0.1, 0.15) is 24.7 Å². The fourth-order valence-corrected chi connectivity index (χ4v) is 4.16. The highest BCUT2D eigenvalue weighted by Crippen LogP contribution is 2.23. The number of likely N-dealkylation sites (tertiary alicyclic amines) is 1. The standard InChI is InChI=1S/C24H27N2O2S/c1-19-25-22(18-29-19)17-28-23-10-8-20(9-11-23)16-21-6-2-3-7-24(21)27-15-14-26-12-4-5-13-26/h2-3,7-11,18H,4-5,12-17H2,1H3. The van der Waals surface area contributed by atoms with Crippen molar-refractivity contribution >= 4 is 11.3 Å². The third-order valence-corrected chi connectivity index (χ3v) is 5.94. The summed E-state index contributed by atoms with van der Waals surface area (Å²) >= 11 is 1.65. The topological polar surface area (TPSA) is 34.6 Å². The van der Waals surface area contributed by atoms with Gasteiger partial charge in [0, 0.05) is 23.9 Å². The van der Waals surface area contributed by atoms with E-state index in [4.69, 9.17) is 9.47 Å². The highest BCUT2D eigenvalue weighted by molar-refractivity contribution is 7.09. The number of benzene rings is 2. The fraction of sp³-hybridized carbons (Fsp3) is 0.375. The SMILES string of the molecule is Cc1nc(COc2ccc(Cc3[c]cccc3OCCN3CCCC3)cc2)cs1. The van der Waals surface area contributed by atoms with Crippen LogP contribution in [0.25, 0.3) is 0 Å². The highest BCUT2D eigenvalue weighted by Gasteiger charge is 2.12. The molecular weight excluding hydrogens is 380 g/mol. The number of aromatic nitrogens is 1. The molecule has 151 valence electrons. The van der Waals surface area contributed by atoms with Gasteiger partial charge >= 0.3 is 0 Å². The van der Waals surface area contributed by atoms with Gasteiger partial charge in [-0.3, -0.25) is 4.90 Å². The highest BCUT2D eigenvalue weighted by atomic mass is 32.1. The molecule has 1 aliphatic rings. The molecule has 4 rings (SSSR count). The molecule has 0 spiro atoms. The van der Waals surface area contributed by atoms with E-state index in [2.05, 4.69) is 28.1 Å². The van der Waals surface area contributed by atoms with Crippen LogP contribution in [0.15, 0.2) is 47.8 Å². The summed E-state index contributed by atoms with van der Waals surface area (Å²) in [5, 5.41) is 3.11. The zero-order valence-corrected chi connectivity index (χ0v) is 17.7. The second-order valence-corrected chi connectivity index (χ2v) is 8.44. The zero-order valence-electron chi connectivity index (χ0n) is 16.9. The maximum atomic E-state index is 6.08. The molecule has 0 aliphatic carbocycles. The molecule has 0 unspecified atom stereocenters. The van der Waals surface area contributed by atoms with Crippen LogP contribution in [0.4, 0.5) is 0 Å². The number of aryl methyl sites for hydroxylation is 1. The van der Waals surface area contributed by atoms with Gasteiger partial charge < -0.3 is 9.47 Å². The Kier molecular flexibility index (Phi) is 6.80. The third kappa shape index (κ3) is 5.81. The van der Waals surface area contributed by atoms with E-state index in [9.17, 15) is 0 Å². The van der Waals surface area contributed by atoms with E-state index in [-0.39, 0.29) is 0 Å². The monoisotopic (exact) mass is 407 g/mol. The molecule has 1 fully saturated rings. The Bertz CT molecular complexity index is 901. The van der Waals surface area contributed by atoms with Gasteiger partial charge in [-0.2, -0.15) is 0 Å². The molecule has 1 aliphatic heterocycles. The Hall–Kier alpha value is -2.37. The van der Waals surface area contributed by atoms with Crippen molar-refractivity contribution in [2.24, 2.45) is 0 Å². The van der Waals surface area contributed by atoms with Crippen LogP contribution in [0.2, 0.25) is 0 Å². The Balaban J connectivity index is 1.31. The third-order valence-electron chi connectivity index (χ3n) is 5.12. The maximum absolute atomic E-state index is 6.08. The summed E-state index contributed by atoms with van der Waals surface area (Å²) in [5.41, 5.74) is 3.29. The Morgan fingerprint density at radius 2 is 1.93 bits per heavy atom. The molecule has 0 saturated carbocycles. The van der Waals surface area contributed by atoms with Crippen molar-refractivity contribution in [1.82, 2.24) is 9.88 Å². The van der Waals surface area contributed by atoms with Crippen molar-refractivity contribution in [3.05, 3.63) is 75.7 Å². The number of nitrogens with zero attached hydrogens (tertiary/aromatic N) is 2. The Labute approximate surface area is 177 Å². The summed E-state index contributed by atoms with van der Waals surface area (Å²) in [4.78, 5) is 6.90. The van der Waals surface area contributed by atoms with E-state index in [0.717, 1.165) is 47.3 Å². The van der Waals surface area contributed by atoms with Crippen LogP contribution in [0.5, 0.6) is 11.5 Å². The van der Waals surface area contributed by atoms with Gasteiger partial charge in [-0.1, -0.05) is 24.3 Å². The molecule has 3 aromatic rings. The molecular formula is C24H27N2O2S. The average Bonchev–Trinajstić information content (AvgIpc) is 3.40. The van der Waals surface area contributed by atoms with E-state index in [1.807, 2.05) is 42.6 Å². The molecule has 1 saturated heterocycles. The lowest BCUT2D eigenvalue weighted by Gasteiger charge is -2.16. The first kappa shape index (κ1) is 19.9. The molecule has 2 heterocycles. The molecule has 29 heavy (non-hydrogen) atoms. The smallest absolute Gasteiger partial charge is 0.131 e. The number of ether oxygens (including phenoxy) is 2. The molecule has 5 heteroatoms. The molecule has 1 radical (unpaired) electrons. The lowest BCUT2D eigenvalue weighted by molar-refractivity contribution is 0.236. The van der Waals surface area contributed by atoms with Gasteiger partial charge in [-0.05, 0) is 62.7 Å². The van der Waals surface area contributed by atoms with Crippen molar-refractivity contribution in [3.8, 4) is 11.5 Å². The minimum absolute atomic E-state index is 0.505. The van der Waals surface area contributed by atoms with E-state index in [0.29, 0.717) is 6.61 Å². The normalized spacial score (nSPS) is 14.2. The number of hydrogen-bond acceptors (Lipinski definition) is 5. The molecule has 0 N–H and O–H groups in total. The van der Waals surface area contributed by atoms with Gasteiger partial charge in [-0.25, -0.2) is 4.98 Å². The van der Waals surface area contributed by atoms with Crippen molar-refractivity contribution in [3.63, 3.8) is 0 Å². The van der Waals surface area contributed by atoms with Crippen LogP contribution >= 0.6 is 11.3 Å². The predicted octanol–water partition coefficient (Wildman–Crippen LogP) is 4.90. The summed E-state index contributed by atoms with van der Waals surface area (Å²) in [5.74, 6) is 1.80. The zero-order chi connectivity index (χ0) is 19.9. The van der Waals surface area contributed by atoms with Crippen LogP contribution < -0.4 is 9.47 Å². The molecule has 0 atom stereocenters. The van der Waals surface area contributed by atoms with Crippen molar-refractivity contribution in [1.29, 1.82) is 0 Å². The number of rotatable bonds is 9. The van der Waals surface area contributed by atoms with Crippen LogP contribution in [-0.4, -0.2) is 36.1 Å². The summed E-state index contributed by atoms with van der Waals surface area (Å²) < 4.78 is 11.9. The van der Waals surface area contributed by atoms with E-state index >= 15 is 0 Å². The van der Waals surface area contributed by atoms with Crippen LogP contribution in [-0.2, 0) is 13.0 Å². The molecule has 1 aromatic heterocycles. The molecule has 2 aromatic carbocycles. The first-order valence-electron chi connectivity index (χ1n) is 10.2. The van der Waals surface area contributed by atoms with Gasteiger partial charge in [0.2, 0.25) is 0 Å². The molecule has 0 bridgehead atoms. The van der Waals surface area contributed by atoms with E-state index in [1.165, 1.54) is 31.5 Å². The fourth-order valence-electron chi connectivity index (χ4n) is 3.56. The predicted molar refractivity (Wildman–Crippen MR) is 117 cm³/mol. The quantitative estimate of drug-likeness (QED) is 0.505. The second-order valence-electron chi connectivity index (χ2n) is 7.38. The summed E-state index contributed by atoms with van der Waals surface area (Å²) in [6, 6.07) is 17.6. The summed E-state index contributed by atoms with van der Waals surface area (Å²) in [6.45, 7) is 6.65. The van der Waals surface area contributed by atoms with E-state index in [1.54, 1.807) is 11.3 Å². The van der Waals surface area contributed by atoms with Gasteiger partial charge in [0.05, 0.1) is 10.7 Å². The van der Waals surface area contributed by atoms with Crippen molar-refractivity contribution in [2.45, 2.75) is 32.8 Å². The average molecular weight is 408 g/mol. The summed E-state index contributed by atoms with van der Waals surface area (Å²) in [7, 11) is 0. The van der Waals surface area contributed by atoms with Crippen LogP contribution in [0.3, 0.4) is 0 Å². The van der Waals surface area contributed by atoms with E-state index < -0.39 is 0 Å². The van der Waals surface area contributed by atoms with Gasteiger partial charge in [-0.15, -0.1) is 11.3 Å². The lowest BCUT2D eigenvalue weighted by atomic mass is 10.0. The Morgan fingerprint density at radius 3 is 2.69 bits per heavy atom. The molecule has 4 nitrogen and oxygen atoms in total. The summed E-state index contributed by atoms with van der Waals surface area (Å²) in [6.07, 6.45) is 3.42. The van der Waals surface area contributed by atoms with Crippen molar-refractivity contribution < 1.29 is 9.47 Å². The van der Waals surface area contributed by atoms with Crippen LogP contribution in [0, 0.1) is 13.0 Å². The second kappa shape index (κ2) is 9.90. The van der Waals surface area contributed by atoms with Crippen molar-refractivity contribution in [2.75, 3.05) is 26.2 Å². The maximum Gasteiger partial charge on any atom is 0.131 e. The first-order valence-corrected chi connectivity index (χ1v) is 11.1. The first-order chi connectivity index (χ1) is 14.3.